The zero-order valence-electron chi connectivity index (χ0n) is 16.5. The number of aromatic nitrogens is 2. The van der Waals surface area contributed by atoms with Crippen LogP contribution < -0.4 is 5.32 Å². The molecule has 1 aromatic carbocycles. The Morgan fingerprint density at radius 2 is 2.14 bits per heavy atom. The van der Waals surface area contributed by atoms with E-state index in [0.717, 1.165) is 36.4 Å². The number of carbonyl (C=O) groups excluding carboxylic acids is 1. The van der Waals surface area contributed by atoms with Crippen LogP contribution in [-0.2, 0) is 11.3 Å². The first kappa shape index (κ1) is 19.4. The van der Waals surface area contributed by atoms with Gasteiger partial charge in [0.2, 0.25) is 5.91 Å². The predicted molar refractivity (Wildman–Crippen MR) is 108 cm³/mol. The van der Waals surface area contributed by atoms with Crippen LogP contribution in [0.3, 0.4) is 0 Å². The third-order valence-electron chi connectivity index (χ3n) is 5.13. The molecule has 152 valence electrons. The first-order chi connectivity index (χ1) is 14.1. The highest BCUT2D eigenvalue weighted by Gasteiger charge is 2.18. The highest BCUT2D eigenvalue weighted by atomic mass is 19.1. The first-order valence-electron chi connectivity index (χ1n) is 10.00. The first-order valence-corrected chi connectivity index (χ1v) is 10.00. The van der Waals surface area contributed by atoms with Gasteiger partial charge >= 0.3 is 0 Å². The van der Waals surface area contributed by atoms with Crippen LogP contribution in [0, 0.1) is 12.7 Å². The zero-order valence-corrected chi connectivity index (χ0v) is 16.5. The maximum Gasteiger partial charge on any atom is 0.222 e. The molecule has 0 aliphatic carbocycles. The lowest BCUT2D eigenvalue weighted by Crippen LogP contribution is -2.39. The van der Waals surface area contributed by atoms with Gasteiger partial charge in [-0.3, -0.25) is 4.79 Å². The van der Waals surface area contributed by atoms with Gasteiger partial charge < -0.3 is 14.6 Å². The van der Waals surface area contributed by atoms with Gasteiger partial charge in [0.15, 0.2) is 5.76 Å². The van der Waals surface area contributed by atoms with Gasteiger partial charge in [-0.1, -0.05) is 6.07 Å². The van der Waals surface area contributed by atoms with Gasteiger partial charge in [0.05, 0.1) is 5.69 Å². The highest BCUT2D eigenvalue weighted by Crippen LogP contribution is 2.26. The number of nitrogens with zero attached hydrogens (tertiary/aromatic N) is 3. The minimum Gasteiger partial charge on any atom is -0.460 e. The van der Waals surface area contributed by atoms with E-state index in [1.807, 2.05) is 36.2 Å². The summed E-state index contributed by atoms with van der Waals surface area (Å²) in [6.45, 7) is 4.71. The third-order valence-corrected chi connectivity index (χ3v) is 5.13. The molecule has 7 heteroatoms. The van der Waals surface area contributed by atoms with Crippen LogP contribution in [0.25, 0.3) is 17.1 Å². The molecule has 1 aliphatic heterocycles. The number of nitrogens with one attached hydrogen (secondary N) is 1. The summed E-state index contributed by atoms with van der Waals surface area (Å²) in [7, 11) is 0. The predicted octanol–water partition coefficient (Wildman–Crippen LogP) is 3.68. The molecule has 6 nitrogen and oxygen atoms in total. The molecule has 1 fully saturated rings. The Hall–Kier alpha value is -2.93. The maximum atomic E-state index is 13.6. The Morgan fingerprint density at radius 3 is 2.90 bits per heavy atom. The Morgan fingerprint density at radius 1 is 1.24 bits per heavy atom. The fourth-order valence-electron chi connectivity index (χ4n) is 3.59. The van der Waals surface area contributed by atoms with Crippen LogP contribution >= 0.6 is 0 Å². The van der Waals surface area contributed by atoms with E-state index in [0.29, 0.717) is 37.5 Å². The van der Waals surface area contributed by atoms with Crippen molar-refractivity contribution in [2.24, 2.45) is 0 Å². The van der Waals surface area contributed by atoms with Gasteiger partial charge in [-0.25, -0.2) is 9.07 Å². The van der Waals surface area contributed by atoms with Crippen LogP contribution in [0.1, 0.15) is 30.6 Å². The molecule has 0 atom stereocenters. The summed E-state index contributed by atoms with van der Waals surface area (Å²) >= 11 is 0. The quantitative estimate of drug-likeness (QED) is 0.619. The standard InChI is InChI=1S/C22H25FN4O2/c1-16-8-9-20(29-16)22-17(14-24-10-12-26-11-3-2-7-21(26)28)15-27(25-22)19-6-4-5-18(23)13-19/h4-6,8-9,13,15,24H,2-3,7,10-12,14H2,1H3. The van der Waals surface area contributed by atoms with Gasteiger partial charge in [-0.15, -0.1) is 0 Å². The second kappa shape index (κ2) is 8.61. The number of carbonyl (C=O) groups is 1. The van der Waals surface area contributed by atoms with Gasteiger partial charge in [0.25, 0.3) is 0 Å². The fourth-order valence-corrected chi connectivity index (χ4v) is 3.59. The van der Waals surface area contributed by atoms with E-state index in [4.69, 9.17) is 4.42 Å². The number of hydrogen-bond acceptors (Lipinski definition) is 4. The smallest absolute Gasteiger partial charge is 0.222 e. The average Bonchev–Trinajstić information content (AvgIpc) is 3.33. The molecule has 3 aromatic rings. The van der Waals surface area contributed by atoms with Gasteiger partial charge in [-0.05, 0) is 50.1 Å². The van der Waals surface area contributed by atoms with Crippen LogP contribution in [0.15, 0.2) is 47.0 Å². The SMILES string of the molecule is Cc1ccc(-c2nn(-c3cccc(F)c3)cc2CNCCN2CCCCC2=O)o1. The summed E-state index contributed by atoms with van der Waals surface area (Å²) < 4.78 is 21.1. The summed E-state index contributed by atoms with van der Waals surface area (Å²) in [6, 6.07) is 10.1. The van der Waals surface area contributed by atoms with Crippen molar-refractivity contribution < 1.29 is 13.6 Å². The molecule has 1 aliphatic rings. The number of piperidine rings is 1. The van der Waals surface area contributed by atoms with Gasteiger partial charge in [0.1, 0.15) is 17.3 Å². The van der Waals surface area contributed by atoms with Crippen molar-refractivity contribution in [3.05, 3.63) is 59.7 Å². The molecule has 0 bridgehead atoms. The Labute approximate surface area is 169 Å². The van der Waals surface area contributed by atoms with Crippen molar-refractivity contribution in [3.8, 4) is 17.1 Å². The molecule has 4 rings (SSSR count). The number of rotatable bonds is 7. The normalized spacial score (nSPS) is 14.6. The largest absolute Gasteiger partial charge is 0.460 e. The van der Waals surface area contributed by atoms with Crippen LogP contribution in [0.2, 0.25) is 0 Å². The van der Waals surface area contributed by atoms with Crippen LogP contribution in [0.4, 0.5) is 4.39 Å². The van der Waals surface area contributed by atoms with Crippen molar-refractivity contribution in [2.45, 2.75) is 32.7 Å². The molecule has 0 spiro atoms. The van der Waals surface area contributed by atoms with Crippen molar-refractivity contribution in [1.82, 2.24) is 20.0 Å². The number of halogens is 1. The molecule has 1 saturated heterocycles. The topological polar surface area (TPSA) is 63.3 Å². The van der Waals surface area contributed by atoms with E-state index < -0.39 is 0 Å². The summed E-state index contributed by atoms with van der Waals surface area (Å²) in [5.41, 5.74) is 2.33. The van der Waals surface area contributed by atoms with Crippen molar-refractivity contribution in [3.63, 3.8) is 0 Å². The van der Waals surface area contributed by atoms with E-state index in [-0.39, 0.29) is 11.7 Å². The fraction of sp³-hybridized carbons (Fsp3) is 0.364. The summed E-state index contributed by atoms with van der Waals surface area (Å²) in [5, 5.41) is 8.04. The summed E-state index contributed by atoms with van der Waals surface area (Å²) in [5.74, 6) is 1.42. The van der Waals surface area contributed by atoms with Crippen molar-refractivity contribution in [2.75, 3.05) is 19.6 Å². The Bertz CT molecular complexity index is 994. The second-order valence-electron chi connectivity index (χ2n) is 7.35. The minimum absolute atomic E-state index is 0.240. The van der Waals surface area contributed by atoms with Gasteiger partial charge in [-0.2, -0.15) is 5.10 Å². The molecule has 0 radical (unpaired) electrons. The minimum atomic E-state index is -0.306. The maximum absolute atomic E-state index is 13.6. The zero-order chi connectivity index (χ0) is 20.2. The van der Waals surface area contributed by atoms with Crippen LogP contribution in [0.5, 0.6) is 0 Å². The highest BCUT2D eigenvalue weighted by molar-refractivity contribution is 5.76. The number of likely N-dealkylation sites (tertiary alicyclic amines) is 1. The summed E-state index contributed by atoms with van der Waals surface area (Å²) in [6.07, 6.45) is 4.62. The molecule has 3 heterocycles. The molecule has 1 amide bonds. The van der Waals surface area contributed by atoms with Crippen LogP contribution in [-0.4, -0.2) is 40.2 Å². The van der Waals surface area contributed by atoms with Gasteiger partial charge in [0, 0.05) is 44.4 Å². The van der Waals surface area contributed by atoms with E-state index >= 15 is 0 Å². The van der Waals surface area contributed by atoms with Crippen molar-refractivity contribution >= 4 is 5.91 Å². The molecule has 0 unspecified atom stereocenters. The second-order valence-corrected chi connectivity index (χ2v) is 7.35. The van der Waals surface area contributed by atoms with Crippen molar-refractivity contribution in [1.29, 1.82) is 0 Å². The number of furan rings is 1. The number of aryl methyl sites for hydroxylation is 1. The third kappa shape index (κ3) is 4.56. The summed E-state index contributed by atoms with van der Waals surface area (Å²) in [4.78, 5) is 13.8. The number of hydrogen-bond donors (Lipinski definition) is 1. The molecule has 1 N–H and O–H groups in total. The lowest BCUT2D eigenvalue weighted by molar-refractivity contribution is -0.133. The molecule has 2 aromatic heterocycles. The van der Waals surface area contributed by atoms with E-state index in [1.54, 1.807) is 10.7 Å². The Balaban J connectivity index is 1.49. The molecule has 29 heavy (non-hydrogen) atoms. The molecule has 0 saturated carbocycles. The Kier molecular flexibility index (Phi) is 5.76. The molecular formula is C22H25FN4O2. The van der Waals surface area contributed by atoms with E-state index in [1.165, 1.54) is 12.1 Å². The monoisotopic (exact) mass is 396 g/mol. The van der Waals surface area contributed by atoms with E-state index in [2.05, 4.69) is 10.4 Å². The number of amides is 1. The van der Waals surface area contributed by atoms with E-state index in [9.17, 15) is 9.18 Å². The lowest BCUT2D eigenvalue weighted by Gasteiger charge is -2.26. The number of benzene rings is 1. The lowest BCUT2D eigenvalue weighted by atomic mass is 10.1. The average molecular weight is 396 g/mol. The molecular weight excluding hydrogens is 371 g/mol.